The Morgan fingerprint density at radius 2 is 0.700 bits per heavy atom. The molecule has 0 amide bonds. The van der Waals surface area contributed by atoms with Crippen molar-refractivity contribution in [3.05, 3.63) is 181 Å². The lowest BCUT2D eigenvalue weighted by Gasteiger charge is -2.27. The van der Waals surface area contributed by atoms with E-state index in [9.17, 15) is 9.13 Å². The molecular formula is C40H36O8P2. The number of para-hydroxylation sites is 4. The summed E-state index contributed by atoms with van der Waals surface area (Å²) in [4.78, 5) is 0. The standard InChI is InChI=1S/C40H36O8P2/c1-40(2,33-25-29-39(30-26-33)48-50(42,46-36-19-11-5-12-20-36)47-37-21-13-6-14-22-37)32-23-27-38(28-24-32)45-49(41,44-35-17-9-4-10-18-35)31-43-34-15-7-3-8-16-34/h3-30H,31H2,1-2H3. The van der Waals surface area contributed by atoms with Crippen LogP contribution in [0.1, 0.15) is 25.0 Å². The Morgan fingerprint density at radius 1 is 0.400 bits per heavy atom. The van der Waals surface area contributed by atoms with E-state index in [-0.39, 0.29) is 6.35 Å². The summed E-state index contributed by atoms with van der Waals surface area (Å²) < 4.78 is 62.8. The van der Waals surface area contributed by atoms with Crippen molar-refractivity contribution in [2.24, 2.45) is 0 Å². The zero-order valence-electron chi connectivity index (χ0n) is 27.5. The van der Waals surface area contributed by atoms with Crippen LogP contribution in [-0.2, 0) is 14.5 Å². The number of hydrogen-bond donors (Lipinski definition) is 0. The lowest BCUT2D eigenvalue weighted by Crippen LogP contribution is -2.18. The second kappa shape index (κ2) is 15.4. The Hall–Kier alpha value is -5.42. The van der Waals surface area contributed by atoms with Gasteiger partial charge >= 0.3 is 15.4 Å². The zero-order valence-corrected chi connectivity index (χ0v) is 29.3. The van der Waals surface area contributed by atoms with Gasteiger partial charge in [0.2, 0.25) is 6.35 Å². The van der Waals surface area contributed by atoms with Crippen LogP contribution in [0.2, 0.25) is 0 Å². The van der Waals surface area contributed by atoms with E-state index in [2.05, 4.69) is 13.8 Å². The molecule has 6 rings (SSSR count). The van der Waals surface area contributed by atoms with E-state index < -0.39 is 20.8 Å². The van der Waals surface area contributed by atoms with Gasteiger partial charge in [-0.15, -0.1) is 0 Å². The first kappa shape index (κ1) is 34.4. The van der Waals surface area contributed by atoms with E-state index in [1.807, 2.05) is 60.7 Å². The molecule has 0 bridgehead atoms. The highest BCUT2D eigenvalue weighted by atomic mass is 31.2. The van der Waals surface area contributed by atoms with Gasteiger partial charge in [0.05, 0.1) is 0 Å². The van der Waals surface area contributed by atoms with Crippen molar-refractivity contribution in [1.29, 1.82) is 0 Å². The van der Waals surface area contributed by atoms with E-state index in [0.29, 0.717) is 34.5 Å². The number of benzene rings is 6. The van der Waals surface area contributed by atoms with Crippen molar-refractivity contribution in [3.8, 4) is 34.5 Å². The third-order valence-electron chi connectivity index (χ3n) is 7.65. The lowest BCUT2D eigenvalue weighted by atomic mass is 9.78. The first-order valence-electron chi connectivity index (χ1n) is 15.9. The molecule has 0 saturated carbocycles. The van der Waals surface area contributed by atoms with E-state index in [0.717, 1.165) is 11.1 Å². The molecule has 0 N–H and O–H groups in total. The van der Waals surface area contributed by atoms with Crippen LogP contribution in [0.15, 0.2) is 170 Å². The van der Waals surface area contributed by atoms with Gasteiger partial charge in [0.15, 0.2) is 0 Å². The maximum Gasteiger partial charge on any atom is 0.647 e. The van der Waals surface area contributed by atoms with Gasteiger partial charge in [-0.2, -0.15) is 4.57 Å². The zero-order chi connectivity index (χ0) is 34.9. The fourth-order valence-corrected chi connectivity index (χ4v) is 7.57. The van der Waals surface area contributed by atoms with Gasteiger partial charge in [-0.25, -0.2) is 4.57 Å². The van der Waals surface area contributed by atoms with Crippen molar-refractivity contribution in [2.75, 3.05) is 6.35 Å². The molecule has 6 aromatic carbocycles. The quantitative estimate of drug-likeness (QED) is 0.0975. The minimum absolute atomic E-state index is 0.284. The highest BCUT2D eigenvalue weighted by molar-refractivity contribution is 7.54. The van der Waals surface area contributed by atoms with Crippen molar-refractivity contribution >= 4 is 15.4 Å². The highest BCUT2D eigenvalue weighted by Gasteiger charge is 2.34. The van der Waals surface area contributed by atoms with Crippen molar-refractivity contribution < 1.29 is 36.5 Å². The van der Waals surface area contributed by atoms with E-state index in [1.165, 1.54) is 0 Å². The predicted octanol–water partition coefficient (Wildman–Crippen LogP) is 11.3. The molecule has 0 spiro atoms. The van der Waals surface area contributed by atoms with Gasteiger partial charge in [0.25, 0.3) is 0 Å². The summed E-state index contributed by atoms with van der Waals surface area (Å²) in [6.07, 6.45) is -0.284. The number of phosphoric acid groups is 1. The summed E-state index contributed by atoms with van der Waals surface area (Å²) in [7, 11) is -7.91. The summed E-state index contributed by atoms with van der Waals surface area (Å²) in [5.74, 6) is 2.35. The van der Waals surface area contributed by atoms with Gasteiger partial charge in [-0.3, -0.25) is 0 Å². The van der Waals surface area contributed by atoms with Crippen molar-refractivity contribution in [2.45, 2.75) is 19.3 Å². The lowest BCUT2D eigenvalue weighted by molar-refractivity contribution is 0.298. The molecule has 0 saturated heterocycles. The summed E-state index contributed by atoms with van der Waals surface area (Å²) in [6, 6.07) is 50.0. The van der Waals surface area contributed by atoms with Crippen LogP contribution in [-0.4, -0.2) is 6.35 Å². The Labute approximate surface area is 292 Å². The average molecular weight is 707 g/mol. The third kappa shape index (κ3) is 9.17. The highest BCUT2D eigenvalue weighted by Crippen LogP contribution is 2.51. The molecule has 8 nitrogen and oxygen atoms in total. The fourth-order valence-electron chi connectivity index (χ4n) is 4.98. The fraction of sp³-hybridized carbons (Fsp3) is 0.100. The van der Waals surface area contributed by atoms with Gasteiger partial charge < -0.3 is 27.4 Å². The molecule has 50 heavy (non-hydrogen) atoms. The van der Waals surface area contributed by atoms with Crippen molar-refractivity contribution in [1.82, 2.24) is 0 Å². The maximum absolute atomic E-state index is 13.9. The molecule has 10 heteroatoms. The molecule has 1 atom stereocenters. The number of phosphoric ester groups is 1. The largest absolute Gasteiger partial charge is 0.647 e. The minimum atomic E-state index is -4.12. The predicted molar refractivity (Wildman–Crippen MR) is 195 cm³/mol. The van der Waals surface area contributed by atoms with Crippen LogP contribution in [0, 0.1) is 0 Å². The van der Waals surface area contributed by atoms with Gasteiger partial charge in [-0.1, -0.05) is 111 Å². The molecule has 254 valence electrons. The topological polar surface area (TPSA) is 89.5 Å². The van der Waals surface area contributed by atoms with Crippen molar-refractivity contribution in [3.63, 3.8) is 0 Å². The maximum atomic E-state index is 13.9. The first-order chi connectivity index (χ1) is 24.2. The number of ether oxygens (including phenoxy) is 1. The third-order valence-corrected chi connectivity index (χ3v) is 10.4. The van der Waals surface area contributed by atoms with E-state index in [4.69, 9.17) is 27.4 Å². The number of hydrogen-bond acceptors (Lipinski definition) is 8. The summed E-state index contributed by atoms with van der Waals surface area (Å²) in [6.45, 7) is 4.16. The van der Waals surface area contributed by atoms with Crippen LogP contribution in [0.5, 0.6) is 34.5 Å². The molecule has 0 fully saturated rings. The molecule has 0 heterocycles. The van der Waals surface area contributed by atoms with Crippen LogP contribution >= 0.6 is 15.4 Å². The smallest absolute Gasteiger partial charge is 0.479 e. The first-order valence-corrected chi connectivity index (χ1v) is 19.1. The van der Waals surface area contributed by atoms with E-state index >= 15 is 0 Å². The molecular weight excluding hydrogens is 670 g/mol. The second-order valence-corrected chi connectivity index (χ2v) is 15.0. The van der Waals surface area contributed by atoms with Gasteiger partial charge in [0, 0.05) is 5.41 Å². The Balaban J connectivity index is 1.16. The Morgan fingerprint density at radius 3 is 1.08 bits per heavy atom. The van der Waals surface area contributed by atoms with Crippen LogP contribution in [0.3, 0.4) is 0 Å². The molecule has 0 aromatic heterocycles. The van der Waals surface area contributed by atoms with Gasteiger partial charge in [-0.05, 0) is 83.9 Å². The SMILES string of the molecule is CC(C)(c1ccc(OP(=O)(COc2ccccc2)Oc2ccccc2)cc1)c1ccc(OP(=O)(Oc2ccccc2)Oc2ccccc2)cc1. The molecule has 0 radical (unpaired) electrons. The summed E-state index contributed by atoms with van der Waals surface area (Å²) in [5, 5.41) is 0. The van der Waals surface area contributed by atoms with Gasteiger partial charge in [0.1, 0.15) is 34.5 Å². The van der Waals surface area contributed by atoms with E-state index in [1.54, 1.807) is 109 Å². The Bertz CT molecular complexity index is 2000. The Kier molecular flexibility index (Phi) is 10.6. The molecule has 0 aliphatic carbocycles. The second-order valence-electron chi connectivity index (χ2n) is 11.7. The average Bonchev–Trinajstić information content (AvgIpc) is 3.13. The normalized spacial score (nSPS) is 12.6. The van der Waals surface area contributed by atoms with Crippen LogP contribution < -0.4 is 27.4 Å². The molecule has 0 aliphatic heterocycles. The summed E-state index contributed by atoms with van der Waals surface area (Å²) in [5.41, 5.74) is 1.49. The molecule has 6 aromatic rings. The van der Waals surface area contributed by atoms with Crippen LogP contribution in [0.4, 0.5) is 0 Å². The summed E-state index contributed by atoms with van der Waals surface area (Å²) >= 11 is 0. The molecule has 1 unspecified atom stereocenters. The monoisotopic (exact) mass is 706 g/mol. The minimum Gasteiger partial charge on any atom is -0.479 e. The van der Waals surface area contributed by atoms with Crippen LogP contribution in [0.25, 0.3) is 0 Å². The molecule has 0 aliphatic rings. The number of rotatable bonds is 15.